The molecule has 1 N–H and O–H groups in total. The van der Waals surface area contributed by atoms with Crippen LogP contribution in [-0.2, 0) is 0 Å². The van der Waals surface area contributed by atoms with Gasteiger partial charge in [-0.1, -0.05) is 12.1 Å². The minimum atomic E-state index is -0.256. The zero-order valence-electron chi connectivity index (χ0n) is 16.4. The molecule has 0 amide bonds. The van der Waals surface area contributed by atoms with Gasteiger partial charge in [-0.05, 0) is 30.7 Å². The van der Waals surface area contributed by atoms with Crippen molar-refractivity contribution in [3.63, 3.8) is 0 Å². The molecule has 1 aromatic carbocycles. The van der Waals surface area contributed by atoms with Crippen molar-refractivity contribution >= 4 is 5.82 Å². The normalized spacial score (nSPS) is 14.9. The third kappa shape index (κ3) is 4.58. The van der Waals surface area contributed by atoms with Gasteiger partial charge in [0.15, 0.2) is 0 Å². The van der Waals surface area contributed by atoms with Crippen LogP contribution in [0.2, 0.25) is 0 Å². The van der Waals surface area contributed by atoms with E-state index in [9.17, 15) is 4.39 Å². The first-order chi connectivity index (χ1) is 14.1. The van der Waals surface area contributed by atoms with Crippen LogP contribution in [-0.4, -0.2) is 64.3 Å². The number of aliphatic hydroxyl groups is 1. The number of rotatable bonds is 5. The molecule has 0 saturated carbocycles. The molecule has 0 unspecified atom stereocenters. The second-order valence-electron chi connectivity index (χ2n) is 7.18. The van der Waals surface area contributed by atoms with Gasteiger partial charge in [0.25, 0.3) is 0 Å². The maximum absolute atomic E-state index is 13.2. The summed E-state index contributed by atoms with van der Waals surface area (Å²) in [5.74, 6) is 1.36. The van der Waals surface area contributed by atoms with Gasteiger partial charge in [0, 0.05) is 62.3 Å². The fraction of sp³-hybridized carbons (Fsp3) is 0.318. The van der Waals surface area contributed by atoms with Crippen LogP contribution >= 0.6 is 0 Å². The minimum absolute atomic E-state index is 0.189. The summed E-state index contributed by atoms with van der Waals surface area (Å²) in [6, 6.07) is 10.4. The lowest BCUT2D eigenvalue weighted by Gasteiger charge is -2.35. The van der Waals surface area contributed by atoms with Crippen molar-refractivity contribution in [1.29, 1.82) is 0 Å². The van der Waals surface area contributed by atoms with E-state index in [1.54, 1.807) is 24.5 Å². The molecule has 1 fully saturated rings. The summed E-state index contributed by atoms with van der Waals surface area (Å²) in [7, 11) is 0. The molecule has 0 bridgehead atoms. The molecule has 7 heteroatoms. The third-order valence-corrected chi connectivity index (χ3v) is 5.15. The van der Waals surface area contributed by atoms with Crippen LogP contribution in [0.4, 0.5) is 10.2 Å². The van der Waals surface area contributed by atoms with E-state index in [4.69, 9.17) is 5.11 Å². The first kappa shape index (κ1) is 19.4. The molecule has 0 radical (unpaired) electrons. The Balaban J connectivity index is 1.59. The third-order valence-electron chi connectivity index (χ3n) is 5.15. The fourth-order valence-corrected chi connectivity index (χ4v) is 3.58. The van der Waals surface area contributed by atoms with Crippen molar-refractivity contribution in [3.05, 3.63) is 60.4 Å². The molecule has 6 nitrogen and oxygen atoms in total. The molecule has 1 aliphatic heterocycles. The maximum Gasteiger partial charge on any atom is 0.132 e. The molecule has 1 saturated heterocycles. The molecule has 1 aliphatic rings. The predicted octanol–water partition coefficient (Wildman–Crippen LogP) is 2.77. The zero-order chi connectivity index (χ0) is 20.2. The Hall–Kier alpha value is -2.90. The first-order valence-corrected chi connectivity index (χ1v) is 9.77. The Kier molecular flexibility index (Phi) is 5.78. The van der Waals surface area contributed by atoms with Gasteiger partial charge >= 0.3 is 0 Å². The van der Waals surface area contributed by atoms with Crippen molar-refractivity contribution in [2.24, 2.45) is 0 Å². The number of anilines is 1. The van der Waals surface area contributed by atoms with Crippen molar-refractivity contribution in [2.75, 3.05) is 44.2 Å². The van der Waals surface area contributed by atoms with E-state index in [1.807, 2.05) is 19.1 Å². The highest BCUT2D eigenvalue weighted by Gasteiger charge is 2.19. The number of hydrogen-bond acceptors (Lipinski definition) is 6. The highest BCUT2D eigenvalue weighted by atomic mass is 19.1. The highest BCUT2D eigenvalue weighted by Crippen LogP contribution is 2.27. The Morgan fingerprint density at radius 2 is 1.66 bits per heavy atom. The summed E-state index contributed by atoms with van der Waals surface area (Å²) in [5.41, 5.74) is 3.55. The SMILES string of the molecule is Cc1nc(-c2cncc(-c3ccc(F)cc3)c2)cc(N2CCN(CCO)CC2)n1. The molecular weight excluding hydrogens is 369 g/mol. The van der Waals surface area contributed by atoms with Crippen molar-refractivity contribution in [1.82, 2.24) is 19.9 Å². The Labute approximate surface area is 169 Å². The quantitative estimate of drug-likeness (QED) is 0.719. The largest absolute Gasteiger partial charge is 0.395 e. The van der Waals surface area contributed by atoms with Crippen LogP contribution in [0.1, 0.15) is 5.82 Å². The molecule has 150 valence electrons. The molecule has 4 rings (SSSR count). The number of halogens is 1. The van der Waals surface area contributed by atoms with E-state index in [-0.39, 0.29) is 12.4 Å². The molecule has 3 aromatic rings. The lowest BCUT2D eigenvalue weighted by molar-refractivity contribution is 0.188. The number of aryl methyl sites for hydroxylation is 1. The number of pyridine rings is 1. The van der Waals surface area contributed by atoms with Crippen LogP contribution < -0.4 is 4.90 Å². The van der Waals surface area contributed by atoms with E-state index >= 15 is 0 Å². The Bertz CT molecular complexity index is 971. The second-order valence-corrected chi connectivity index (χ2v) is 7.18. The first-order valence-electron chi connectivity index (χ1n) is 9.77. The van der Waals surface area contributed by atoms with Crippen LogP contribution in [0.5, 0.6) is 0 Å². The van der Waals surface area contributed by atoms with Gasteiger partial charge in [0.2, 0.25) is 0 Å². The summed E-state index contributed by atoms with van der Waals surface area (Å²) in [6.45, 7) is 6.33. The van der Waals surface area contributed by atoms with E-state index in [1.165, 1.54) is 12.1 Å². The standard InChI is InChI=1S/C22H24FN5O/c1-16-25-21(13-22(26-16)28-8-6-27(7-9-28)10-11-29)19-12-18(14-24-15-19)17-2-4-20(23)5-3-17/h2-5,12-15,29H,6-11H2,1H3. The summed E-state index contributed by atoms with van der Waals surface area (Å²) >= 11 is 0. The van der Waals surface area contributed by atoms with E-state index < -0.39 is 0 Å². The van der Waals surface area contributed by atoms with E-state index in [2.05, 4.69) is 24.8 Å². The van der Waals surface area contributed by atoms with Crippen LogP contribution in [0.3, 0.4) is 0 Å². The van der Waals surface area contributed by atoms with Gasteiger partial charge in [-0.15, -0.1) is 0 Å². The fourth-order valence-electron chi connectivity index (χ4n) is 3.58. The number of aliphatic hydroxyl groups excluding tert-OH is 1. The lowest BCUT2D eigenvalue weighted by atomic mass is 10.0. The van der Waals surface area contributed by atoms with Crippen LogP contribution in [0.25, 0.3) is 22.4 Å². The number of hydrogen-bond donors (Lipinski definition) is 1. The average molecular weight is 393 g/mol. The molecule has 0 atom stereocenters. The minimum Gasteiger partial charge on any atom is -0.395 e. The summed E-state index contributed by atoms with van der Waals surface area (Å²) in [6.07, 6.45) is 3.56. The average Bonchev–Trinajstić information content (AvgIpc) is 2.75. The van der Waals surface area contributed by atoms with Gasteiger partial charge in [-0.2, -0.15) is 0 Å². The molecule has 2 aromatic heterocycles. The monoisotopic (exact) mass is 393 g/mol. The number of piperazine rings is 1. The molecule has 0 aliphatic carbocycles. The maximum atomic E-state index is 13.2. The zero-order valence-corrected chi connectivity index (χ0v) is 16.4. The summed E-state index contributed by atoms with van der Waals surface area (Å²) in [4.78, 5) is 18.1. The number of aromatic nitrogens is 3. The second kappa shape index (κ2) is 8.63. The Morgan fingerprint density at radius 1 is 0.931 bits per heavy atom. The Morgan fingerprint density at radius 3 is 2.38 bits per heavy atom. The number of β-amino-alcohol motifs (C(OH)–C–C–N with tert-alkyl or cyclic N) is 1. The molecule has 0 spiro atoms. The number of benzene rings is 1. The number of nitrogens with zero attached hydrogens (tertiary/aromatic N) is 5. The van der Waals surface area contributed by atoms with Crippen LogP contribution in [0.15, 0.2) is 48.8 Å². The lowest BCUT2D eigenvalue weighted by Crippen LogP contribution is -2.47. The summed E-state index contributed by atoms with van der Waals surface area (Å²) in [5, 5.41) is 9.12. The van der Waals surface area contributed by atoms with Gasteiger partial charge in [-0.3, -0.25) is 9.88 Å². The van der Waals surface area contributed by atoms with Crippen molar-refractivity contribution in [2.45, 2.75) is 6.92 Å². The van der Waals surface area contributed by atoms with Gasteiger partial charge in [-0.25, -0.2) is 14.4 Å². The topological polar surface area (TPSA) is 65.4 Å². The van der Waals surface area contributed by atoms with Gasteiger partial charge in [0.1, 0.15) is 17.5 Å². The van der Waals surface area contributed by atoms with Gasteiger partial charge in [0.05, 0.1) is 12.3 Å². The molecule has 3 heterocycles. The predicted molar refractivity (Wildman–Crippen MR) is 111 cm³/mol. The van der Waals surface area contributed by atoms with Crippen LogP contribution in [0, 0.1) is 12.7 Å². The van der Waals surface area contributed by atoms with E-state index in [0.717, 1.165) is 54.4 Å². The van der Waals surface area contributed by atoms with E-state index in [0.29, 0.717) is 12.4 Å². The van der Waals surface area contributed by atoms with Gasteiger partial charge < -0.3 is 10.0 Å². The molecular formula is C22H24FN5O. The highest BCUT2D eigenvalue weighted by molar-refractivity contribution is 5.71. The smallest absolute Gasteiger partial charge is 0.132 e. The van der Waals surface area contributed by atoms with Crippen molar-refractivity contribution < 1.29 is 9.50 Å². The molecule has 29 heavy (non-hydrogen) atoms. The van der Waals surface area contributed by atoms with Crippen molar-refractivity contribution in [3.8, 4) is 22.4 Å². The summed E-state index contributed by atoms with van der Waals surface area (Å²) < 4.78 is 13.2.